The van der Waals surface area contributed by atoms with Crippen LogP contribution < -0.4 is 0 Å². The molecule has 0 nitrogen and oxygen atoms in total. The van der Waals surface area contributed by atoms with Crippen LogP contribution in [0.3, 0.4) is 0 Å². The normalized spacial score (nSPS) is 18.8. The summed E-state index contributed by atoms with van der Waals surface area (Å²) >= 11 is 0. The first-order valence-electron chi connectivity index (χ1n) is 12.4. The van der Waals surface area contributed by atoms with Gasteiger partial charge in [-0.15, -0.1) is 0 Å². The molecule has 0 radical (unpaired) electrons. The first-order valence-corrected chi connectivity index (χ1v) is 12.4. The van der Waals surface area contributed by atoms with Crippen LogP contribution in [0, 0.1) is 11.8 Å². The van der Waals surface area contributed by atoms with E-state index < -0.39 is 0 Å². The second kappa shape index (κ2) is 10.8. The van der Waals surface area contributed by atoms with Gasteiger partial charge in [-0.1, -0.05) is 106 Å². The maximum absolute atomic E-state index is 2.37. The quantitative estimate of drug-likeness (QED) is 0.351. The van der Waals surface area contributed by atoms with Crippen molar-refractivity contribution in [2.75, 3.05) is 0 Å². The summed E-state index contributed by atoms with van der Waals surface area (Å²) in [6.45, 7) is 4.56. The molecule has 0 spiro atoms. The predicted molar refractivity (Wildman–Crippen MR) is 134 cm³/mol. The minimum absolute atomic E-state index is 0.902. The van der Waals surface area contributed by atoms with E-state index in [1.165, 1.54) is 71.9 Å². The van der Waals surface area contributed by atoms with Gasteiger partial charge in [0.1, 0.15) is 0 Å². The average Bonchev–Trinajstić information content (AvgIpc) is 2.82. The Morgan fingerprint density at radius 2 is 0.839 bits per heavy atom. The van der Waals surface area contributed by atoms with Crippen molar-refractivity contribution in [1.29, 1.82) is 0 Å². The van der Waals surface area contributed by atoms with Crippen molar-refractivity contribution in [3.05, 3.63) is 106 Å². The van der Waals surface area contributed by atoms with Crippen molar-refractivity contribution in [2.45, 2.75) is 71.6 Å². The molecule has 0 aliphatic heterocycles. The molecule has 3 aromatic rings. The summed E-state index contributed by atoms with van der Waals surface area (Å²) in [4.78, 5) is 0. The lowest BCUT2D eigenvalue weighted by atomic mass is 9.78. The Hall–Kier alpha value is -2.34. The third-order valence-corrected chi connectivity index (χ3v) is 7.36. The lowest BCUT2D eigenvalue weighted by Crippen LogP contribution is -2.15. The largest absolute Gasteiger partial charge is 0.0651 e. The highest BCUT2D eigenvalue weighted by Crippen LogP contribution is 2.32. The molecule has 31 heavy (non-hydrogen) atoms. The molecule has 1 saturated carbocycles. The van der Waals surface area contributed by atoms with E-state index in [9.17, 15) is 0 Å². The third-order valence-electron chi connectivity index (χ3n) is 7.36. The summed E-state index contributed by atoms with van der Waals surface area (Å²) in [6, 6.07) is 27.7. The van der Waals surface area contributed by atoms with E-state index >= 15 is 0 Å². The van der Waals surface area contributed by atoms with Gasteiger partial charge >= 0.3 is 0 Å². The number of benzene rings is 3. The molecule has 1 fully saturated rings. The molecule has 162 valence electrons. The maximum Gasteiger partial charge on any atom is -0.00258 e. The topological polar surface area (TPSA) is 0 Å². The number of aryl methyl sites for hydroxylation is 1. The van der Waals surface area contributed by atoms with Crippen molar-refractivity contribution >= 4 is 0 Å². The molecule has 0 aromatic heterocycles. The molecule has 0 unspecified atom stereocenters. The van der Waals surface area contributed by atoms with Crippen LogP contribution in [0.15, 0.2) is 72.8 Å². The van der Waals surface area contributed by atoms with E-state index in [4.69, 9.17) is 0 Å². The second-order valence-electron chi connectivity index (χ2n) is 9.66. The molecule has 0 amide bonds. The number of hydrogen-bond donors (Lipinski definition) is 0. The second-order valence-corrected chi connectivity index (χ2v) is 9.66. The van der Waals surface area contributed by atoms with Gasteiger partial charge in [0.25, 0.3) is 0 Å². The summed E-state index contributed by atoms with van der Waals surface area (Å²) in [5.74, 6) is 1.89. The molecule has 1 aliphatic rings. The van der Waals surface area contributed by atoms with E-state index in [1.807, 2.05) is 0 Å². The van der Waals surface area contributed by atoms with E-state index in [-0.39, 0.29) is 0 Å². The minimum atomic E-state index is 0.902. The fraction of sp³-hybridized carbons (Fsp3) is 0.419. The van der Waals surface area contributed by atoms with E-state index in [1.54, 1.807) is 0 Å². The van der Waals surface area contributed by atoms with Gasteiger partial charge in [-0.3, -0.25) is 0 Å². The van der Waals surface area contributed by atoms with Gasteiger partial charge in [-0.25, -0.2) is 0 Å². The van der Waals surface area contributed by atoms with Gasteiger partial charge in [0.15, 0.2) is 0 Å². The summed E-state index contributed by atoms with van der Waals surface area (Å²) in [6.07, 6.45) is 11.5. The van der Waals surface area contributed by atoms with Gasteiger partial charge in [-0.2, -0.15) is 0 Å². The molecule has 0 bridgehead atoms. The summed E-state index contributed by atoms with van der Waals surface area (Å²) in [7, 11) is 0. The highest BCUT2D eigenvalue weighted by molar-refractivity contribution is 5.33. The highest BCUT2D eigenvalue weighted by atomic mass is 14.3. The molecule has 4 rings (SSSR count). The zero-order valence-corrected chi connectivity index (χ0v) is 19.4. The SMILES string of the molecule is CCc1ccc(Cc2ccc(Cc3ccc(CC4CCC(CC)CC4)cc3)cc2)cc1. The van der Waals surface area contributed by atoms with Crippen LogP contribution in [0.1, 0.15) is 79.3 Å². The van der Waals surface area contributed by atoms with Gasteiger partial charge in [0.2, 0.25) is 0 Å². The Bertz CT molecular complexity index is 907. The predicted octanol–water partition coefficient (Wildman–Crippen LogP) is 8.19. The Labute approximate surface area is 189 Å². The molecular weight excluding hydrogens is 372 g/mol. The first-order chi connectivity index (χ1) is 15.2. The van der Waals surface area contributed by atoms with Crippen molar-refractivity contribution in [2.24, 2.45) is 11.8 Å². The van der Waals surface area contributed by atoms with Gasteiger partial charge in [0, 0.05) is 0 Å². The van der Waals surface area contributed by atoms with Crippen molar-refractivity contribution in [3.63, 3.8) is 0 Å². The fourth-order valence-electron chi connectivity index (χ4n) is 5.11. The zero-order chi connectivity index (χ0) is 21.5. The van der Waals surface area contributed by atoms with Crippen LogP contribution in [0.25, 0.3) is 0 Å². The Kier molecular flexibility index (Phi) is 7.62. The Morgan fingerprint density at radius 1 is 0.484 bits per heavy atom. The number of hydrogen-bond acceptors (Lipinski definition) is 0. The molecule has 0 atom stereocenters. The maximum atomic E-state index is 2.37. The molecule has 0 saturated heterocycles. The van der Waals surface area contributed by atoms with E-state index in [2.05, 4.69) is 86.6 Å². The lowest BCUT2D eigenvalue weighted by molar-refractivity contribution is 0.268. The third kappa shape index (κ3) is 6.33. The van der Waals surface area contributed by atoms with Crippen molar-refractivity contribution in [1.82, 2.24) is 0 Å². The van der Waals surface area contributed by atoms with Crippen LogP contribution in [0.5, 0.6) is 0 Å². The molecule has 0 heterocycles. The van der Waals surface area contributed by atoms with Crippen LogP contribution in [0.4, 0.5) is 0 Å². The van der Waals surface area contributed by atoms with Gasteiger partial charge in [0.05, 0.1) is 0 Å². The molecule has 3 aromatic carbocycles. The smallest absolute Gasteiger partial charge is 0.00258 e. The van der Waals surface area contributed by atoms with E-state index in [0.29, 0.717) is 0 Å². The van der Waals surface area contributed by atoms with Crippen LogP contribution >= 0.6 is 0 Å². The summed E-state index contributed by atoms with van der Waals surface area (Å²) in [5.41, 5.74) is 8.53. The standard InChI is InChI=1S/C31H38/c1-3-24-5-9-26(10-6-24)21-28-13-17-30(18-14-28)23-31-19-15-29(16-20-31)22-27-11-7-25(4-2)8-12-27/h5-6,9-10,13-20,25,27H,3-4,7-8,11-12,21-23H2,1-2H3. The molecule has 0 N–H and O–H groups in total. The van der Waals surface area contributed by atoms with Gasteiger partial charge < -0.3 is 0 Å². The fourth-order valence-corrected chi connectivity index (χ4v) is 5.11. The van der Waals surface area contributed by atoms with Crippen molar-refractivity contribution in [3.8, 4) is 0 Å². The molecule has 1 aliphatic carbocycles. The van der Waals surface area contributed by atoms with Crippen LogP contribution in [0.2, 0.25) is 0 Å². The van der Waals surface area contributed by atoms with Crippen LogP contribution in [-0.4, -0.2) is 0 Å². The highest BCUT2D eigenvalue weighted by Gasteiger charge is 2.20. The zero-order valence-electron chi connectivity index (χ0n) is 19.4. The monoisotopic (exact) mass is 410 g/mol. The van der Waals surface area contributed by atoms with E-state index in [0.717, 1.165) is 31.1 Å². The van der Waals surface area contributed by atoms with Crippen LogP contribution in [-0.2, 0) is 25.7 Å². The summed E-state index contributed by atoms with van der Waals surface area (Å²) in [5, 5.41) is 0. The molecular formula is C31H38. The first kappa shape index (κ1) is 21.9. The lowest BCUT2D eigenvalue weighted by Gasteiger charge is -2.27. The number of rotatable bonds is 8. The molecule has 0 heteroatoms. The Morgan fingerprint density at radius 3 is 1.23 bits per heavy atom. The van der Waals surface area contributed by atoms with Crippen molar-refractivity contribution < 1.29 is 0 Å². The Balaban J connectivity index is 1.28. The minimum Gasteiger partial charge on any atom is -0.0651 e. The summed E-state index contributed by atoms with van der Waals surface area (Å²) < 4.78 is 0. The average molecular weight is 411 g/mol. The van der Waals surface area contributed by atoms with Gasteiger partial charge in [-0.05, 0) is 83.7 Å².